The predicted octanol–water partition coefficient (Wildman–Crippen LogP) is 2.73. The Hall–Kier alpha value is -2.49. The van der Waals surface area contributed by atoms with Gasteiger partial charge in [0, 0.05) is 19.3 Å². The van der Waals surface area contributed by atoms with Crippen LogP contribution in [0.1, 0.15) is 15.9 Å². The molecule has 2 N–H and O–H groups in total. The highest BCUT2D eigenvalue weighted by molar-refractivity contribution is 5.88. The van der Waals surface area contributed by atoms with Gasteiger partial charge in [-0.1, -0.05) is 18.2 Å². The molecule has 0 fully saturated rings. The Labute approximate surface area is 111 Å². The van der Waals surface area contributed by atoms with E-state index in [1.165, 1.54) is 0 Å². The van der Waals surface area contributed by atoms with Gasteiger partial charge < -0.3 is 15.1 Å². The Bertz CT molecular complexity index is 578. The van der Waals surface area contributed by atoms with Gasteiger partial charge in [0.2, 0.25) is 0 Å². The van der Waals surface area contributed by atoms with Crippen molar-refractivity contribution in [2.75, 3.05) is 11.9 Å². The number of anilines is 1. The first-order valence-corrected chi connectivity index (χ1v) is 5.88. The van der Waals surface area contributed by atoms with Crippen LogP contribution in [0, 0.1) is 0 Å². The van der Waals surface area contributed by atoms with Crippen molar-refractivity contribution < 1.29 is 15.0 Å². The summed E-state index contributed by atoms with van der Waals surface area (Å²) in [7, 11) is 1.90. The molecule has 0 spiro atoms. The summed E-state index contributed by atoms with van der Waals surface area (Å²) in [6.07, 6.45) is 0. The average Bonchev–Trinajstić information content (AvgIpc) is 2.41. The SMILES string of the molecule is CN(Cc1ccc(O)cc1)c1cccc(C(=O)O)c1. The number of hydrogen-bond donors (Lipinski definition) is 2. The molecule has 98 valence electrons. The topological polar surface area (TPSA) is 60.8 Å². The summed E-state index contributed by atoms with van der Waals surface area (Å²) in [4.78, 5) is 12.9. The molecule has 0 atom stereocenters. The normalized spacial score (nSPS) is 10.2. The molecular formula is C15H15NO3. The maximum absolute atomic E-state index is 10.9. The number of aromatic hydroxyl groups is 1. The molecule has 0 saturated carbocycles. The van der Waals surface area contributed by atoms with Gasteiger partial charge in [-0.15, -0.1) is 0 Å². The van der Waals surface area contributed by atoms with E-state index < -0.39 is 5.97 Å². The van der Waals surface area contributed by atoms with Crippen LogP contribution in [-0.4, -0.2) is 23.2 Å². The molecule has 0 heterocycles. The van der Waals surface area contributed by atoms with Crippen molar-refractivity contribution >= 4 is 11.7 Å². The van der Waals surface area contributed by atoms with Gasteiger partial charge in [-0.25, -0.2) is 4.79 Å². The molecule has 2 aromatic rings. The summed E-state index contributed by atoms with van der Waals surface area (Å²) in [6.45, 7) is 0.642. The van der Waals surface area contributed by atoms with Gasteiger partial charge in [0.15, 0.2) is 0 Å². The molecule has 2 aromatic carbocycles. The Morgan fingerprint density at radius 1 is 1.16 bits per heavy atom. The van der Waals surface area contributed by atoms with Crippen LogP contribution in [0.3, 0.4) is 0 Å². The van der Waals surface area contributed by atoms with E-state index in [2.05, 4.69) is 0 Å². The third kappa shape index (κ3) is 3.25. The van der Waals surface area contributed by atoms with Crippen molar-refractivity contribution in [3.63, 3.8) is 0 Å². The fourth-order valence-electron chi connectivity index (χ4n) is 1.84. The molecule has 4 nitrogen and oxygen atoms in total. The van der Waals surface area contributed by atoms with Crippen LogP contribution in [0.2, 0.25) is 0 Å². The molecule has 2 rings (SSSR count). The number of nitrogens with zero attached hydrogens (tertiary/aromatic N) is 1. The van der Waals surface area contributed by atoms with Crippen molar-refractivity contribution in [1.29, 1.82) is 0 Å². The van der Waals surface area contributed by atoms with Crippen LogP contribution in [-0.2, 0) is 6.54 Å². The third-order valence-corrected chi connectivity index (χ3v) is 2.89. The second-order valence-electron chi connectivity index (χ2n) is 4.38. The van der Waals surface area contributed by atoms with Gasteiger partial charge in [-0.2, -0.15) is 0 Å². The van der Waals surface area contributed by atoms with Crippen LogP contribution >= 0.6 is 0 Å². The smallest absolute Gasteiger partial charge is 0.335 e. The van der Waals surface area contributed by atoms with Gasteiger partial charge in [-0.3, -0.25) is 0 Å². The first-order chi connectivity index (χ1) is 9.06. The van der Waals surface area contributed by atoms with Crippen molar-refractivity contribution in [2.24, 2.45) is 0 Å². The summed E-state index contributed by atoms with van der Waals surface area (Å²) >= 11 is 0. The number of hydrogen-bond acceptors (Lipinski definition) is 3. The molecule has 0 radical (unpaired) electrons. The molecule has 0 aliphatic rings. The quantitative estimate of drug-likeness (QED) is 0.884. The molecule has 0 unspecified atom stereocenters. The molecule has 19 heavy (non-hydrogen) atoms. The number of carbonyl (C=O) groups is 1. The van der Waals surface area contributed by atoms with Crippen LogP contribution in [0.4, 0.5) is 5.69 Å². The Morgan fingerprint density at radius 2 is 1.84 bits per heavy atom. The zero-order valence-corrected chi connectivity index (χ0v) is 10.6. The van der Waals surface area contributed by atoms with Crippen molar-refractivity contribution in [3.05, 3.63) is 59.7 Å². The van der Waals surface area contributed by atoms with E-state index in [0.29, 0.717) is 6.54 Å². The number of phenolic OH excluding ortho intramolecular Hbond substituents is 1. The van der Waals surface area contributed by atoms with Crippen molar-refractivity contribution in [1.82, 2.24) is 0 Å². The number of aromatic carboxylic acids is 1. The van der Waals surface area contributed by atoms with Crippen LogP contribution in [0.25, 0.3) is 0 Å². The van der Waals surface area contributed by atoms with E-state index in [4.69, 9.17) is 5.11 Å². The largest absolute Gasteiger partial charge is 0.508 e. The zero-order valence-electron chi connectivity index (χ0n) is 10.6. The first kappa shape index (κ1) is 13.0. The van der Waals surface area contributed by atoms with E-state index in [1.807, 2.05) is 30.1 Å². The lowest BCUT2D eigenvalue weighted by molar-refractivity contribution is 0.0697. The molecule has 0 aliphatic heterocycles. The number of carboxylic acid groups (broad SMARTS) is 1. The fraction of sp³-hybridized carbons (Fsp3) is 0.133. The van der Waals surface area contributed by atoms with E-state index >= 15 is 0 Å². The molecule has 0 amide bonds. The molecule has 0 saturated heterocycles. The first-order valence-electron chi connectivity index (χ1n) is 5.88. The minimum absolute atomic E-state index is 0.235. The highest BCUT2D eigenvalue weighted by Crippen LogP contribution is 2.18. The molecular weight excluding hydrogens is 242 g/mol. The highest BCUT2D eigenvalue weighted by atomic mass is 16.4. The van der Waals surface area contributed by atoms with Crippen LogP contribution in [0.5, 0.6) is 5.75 Å². The Balaban J connectivity index is 2.15. The standard InChI is InChI=1S/C15H15NO3/c1-16(10-11-5-7-14(17)8-6-11)13-4-2-3-12(9-13)15(18)19/h2-9,17H,10H2,1H3,(H,18,19). The third-order valence-electron chi connectivity index (χ3n) is 2.89. The van der Waals surface area contributed by atoms with Gasteiger partial charge in [0.05, 0.1) is 5.56 Å². The summed E-state index contributed by atoms with van der Waals surface area (Å²) in [5.74, 6) is -0.695. The number of rotatable bonds is 4. The average molecular weight is 257 g/mol. The highest BCUT2D eigenvalue weighted by Gasteiger charge is 2.07. The van der Waals surface area contributed by atoms with Crippen molar-refractivity contribution in [3.8, 4) is 5.75 Å². The number of carboxylic acids is 1. The van der Waals surface area contributed by atoms with E-state index in [-0.39, 0.29) is 11.3 Å². The molecule has 0 bridgehead atoms. The Kier molecular flexibility index (Phi) is 3.71. The lowest BCUT2D eigenvalue weighted by atomic mass is 10.1. The monoisotopic (exact) mass is 257 g/mol. The van der Waals surface area contributed by atoms with Gasteiger partial charge in [0.1, 0.15) is 5.75 Å². The summed E-state index contributed by atoms with van der Waals surface area (Å²) in [5, 5.41) is 18.2. The van der Waals surface area contributed by atoms with Crippen molar-refractivity contribution in [2.45, 2.75) is 6.54 Å². The summed E-state index contributed by atoms with van der Waals surface area (Å²) in [5.41, 5.74) is 2.16. The van der Waals surface area contributed by atoms with E-state index in [1.54, 1.807) is 30.3 Å². The van der Waals surface area contributed by atoms with Crippen LogP contribution in [0.15, 0.2) is 48.5 Å². The van der Waals surface area contributed by atoms with Gasteiger partial charge in [-0.05, 0) is 35.9 Å². The molecule has 0 aromatic heterocycles. The lowest BCUT2D eigenvalue weighted by Gasteiger charge is -2.19. The Morgan fingerprint density at radius 3 is 2.47 bits per heavy atom. The minimum Gasteiger partial charge on any atom is -0.508 e. The molecule has 0 aliphatic carbocycles. The van der Waals surface area contributed by atoms with Crippen LogP contribution < -0.4 is 4.90 Å². The lowest BCUT2D eigenvalue weighted by Crippen LogP contribution is -2.16. The second kappa shape index (κ2) is 5.44. The van der Waals surface area contributed by atoms with Gasteiger partial charge in [0.25, 0.3) is 0 Å². The maximum atomic E-state index is 10.9. The summed E-state index contributed by atoms with van der Waals surface area (Å²) < 4.78 is 0. The molecule has 4 heteroatoms. The number of phenols is 1. The fourth-order valence-corrected chi connectivity index (χ4v) is 1.84. The van der Waals surface area contributed by atoms with E-state index in [9.17, 15) is 9.90 Å². The van der Waals surface area contributed by atoms with Gasteiger partial charge >= 0.3 is 5.97 Å². The zero-order chi connectivity index (χ0) is 13.8. The minimum atomic E-state index is -0.931. The van der Waals surface area contributed by atoms with E-state index in [0.717, 1.165) is 11.3 Å². The second-order valence-corrected chi connectivity index (χ2v) is 4.38. The predicted molar refractivity (Wildman–Crippen MR) is 73.6 cm³/mol. The maximum Gasteiger partial charge on any atom is 0.335 e. The summed E-state index contributed by atoms with van der Waals surface area (Å²) in [6, 6.07) is 13.8. The number of benzene rings is 2.